The van der Waals surface area contributed by atoms with Crippen LogP contribution in [0.25, 0.3) is 0 Å². The van der Waals surface area contributed by atoms with Crippen molar-refractivity contribution >= 4 is 0 Å². The van der Waals surface area contributed by atoms with Crippen LogP contribution in [-0.4, -0.2) is 12.1 Å². The van der Waals surface area contributed by atoms with Gasteiger partial charge in [-0.05, 0) is 25.3 Å². The zero-order valence-electron chi connectivity index (χ0n) is 10.1. The van der Waals surface area contributed by atoms with Gasteiger partial charge in [0, 0.05) is 18.6 Å². The van der Waals surface area contributed by atoms with Gasteiger partial charge in [0.1, 0.15) is 0 Å². The first-order chi connectivity index (χ1) is 7.75. The summed E-state index contributed by atoms with van der Waals surface area (Å²) in [7, 11) is 0. The fourth-order valence-electron chi connectivity index (χ4n) is 2.37. The molecule has 0 aliphatic heterocycles. The van der Waals surface area contributed by atoms with Crippen molar-refractivity contribution < 1.29 is 0 Å². The van der Waals surface area contributed by atoms with Crippen LogP contribution in [0, 0.1) is 6.92 Å². The Kier molecular flexibility index (Phi) is 3.97. The summed E-state index contributed by atoms with van der Waals surface area (Å²) in [4.78, 5) is 0. The van der Waals surface area contributed by atoms with Crippen molar-refractivity contribution in [3.63, 3.8) is 0 Å². The van der Waals surface area contributed by atoms with Crippen molar-refractivity contribution in [3.8, 4) is 0 Å². The maximum absolute atomic E-state index is 6.10. The van der Waals surface area contributed by atoms with Gasteiger partial charge in [-0.1, -0.05) is 42.7 Å². The standard InChI is InChI=1S/C14H22N2/c1-11-6-8-12(9-7-11)10-16-14-5-3-2-4-13(14)15/h6-9,13-14,16H,2-5,10,15H2,1H3/t13-,14-/m0/s1. The third-order valence-electron chi connectivity index (χ3n) is 3.51. The fraction of sp³-hybridized carbons (Fsp3) is 0.571. The van der Waals surface area contributed by atoms with E-state index in [9.17, 15) is 0 Å². The van der Waals surface area contributed by atoms with Gasteiger partial charge in [0.15, 0.2) is 0 Å². The first-order valence-corrected chi connectivity index (χ1v) is 6.30. The third-order valence-corrected chi connectivity index (χ3v) is 3.51. The Hall–Kier alpha value is -0.860. The minimum Gasteiger partial charge on any atom is -0.326 e. The summed E-state index contributed by atoms with van der Waals surface area (Å²) in [5.74, 6) is 0. The molecule has 2 nitrogen and oxygen atoms in total. The van der Waals surface area contributed by atoms with E-state index in [2.05, 4.69) is 36.5 Å². The van der Waals surface area contributed by atoms with Gasteiger partial charge in [-0.15, -0.1) is 0 Å². The van der Waals surface area contributed by atoms with Crippen LogP contribution in [0.15, 0.2) is 24.3 Å². The van der Waals surface area contributed by atoms with E-state index in [1.807, 2.05) is 0 Å². The Morgan fingerprint density at radius 1 is 1.19 bits per heavy atom. The van der Waals surface area contributed by atoms with Crippen molar-refractivity contribution in [2.24, 2.45) is 5.73 Å². The molecule has 0 radical (unpaired) electrons. The molecule has 1 aromatic rings. The van der Waals surface area contributed by atoms with Crippen LogP contribution in [0.4, 0.5) is 0 Å². The van der Waals surface area contributed by atoms with Crippen LogP contribution in [-0.2, 0) is 6.54 Å². The van der Waals surface area contributed by atoms with Crippen LogP contribution >= 0.6 is 0 Å². The maximum atomic E-state index is 6.10. The second-order valence-electron chi connectivity index (χ2n) is 4.92. The average Bonchev–Trinajstić information content (AvgIpc) is 2.30. The molecule has 1 aromatic carbocycles. The monoisotopic (exact) mass is 218 g/mol. The number of nitrogens with one attached hydrogen (secondary N) is 1. The van der Waals surface area contributed by atoms with E-state index < -0.39 is 0 Å². The molecule has 1 aliphatic rings. The predicted molar refractivity (Wildman–Crippen MR) is 68.3 cm³/mol. The average molecular weight is 218 g/mol. The van der Waals surface area contributed by atoms with Crippen LogP contribution in [0.5, 0.6) is 0 Å². The zero-order chi connectivity index (χ0) is 11.4. The summed E-state index contributed by atoms with van der Waals surface area (Å²) < 4.78 is 0. The molecule has 2 heteroatoms. The van der Waals surface area contributed by atoms with Crippen molar-refractivity contribution in [1.82, 2.24) is 5.32 Å². The molecule has 0 bridgehead atoms. The van der Waals surface area contributed by atoms with Gasteiger partial charge < -0.3 is 11.1 Å². The van der Waals surface area contributed by atoms with Crippen molar-refractivity contribution in [1.29, 1.82) is 0 Å². The topological polar surface area (TPSA) is 38.0 Å². The summed E-state index contributed by atoms with van der Waals surface area (Å²) in [6.07, 6.45) is 5.02. The molecule has 1 aliphatic carbocycles. The number of aryl methyl sites for hydroxylation is 1. The minimum absolute atomic E-state index is 0.346. The van der Waals surface area contributed by atoms with Gasteiger partial charge in [0.2, 0.25) is 0 Å². The molecule has 3 N–H and O–H groups in total. The lowest BCUT2D eigenvalue weighted by molar-refractivity contribution is 0.326. The molecule has 1 saturated carbocycles. The molecule has 0 unspecified atom stereocenters. The van der Waals surface area contributed by atoms with Crippen molar-refractivity contribution in [3.05, 3.63) is 35.4 Å². The van der Waals surface area contributed by atoms with E-state index >= 15 is 0 Å². The van der Waals surface area contributed by atoms with Crippen LogP contribution in [0.1, 0.15) is 36.8 Å². The van der Waals surface area contributed by atoms with E-state index in [-0.39, 0.29) is 0 Å². The van der Waals surface area contributed by atoms with Gasteiger partial charge in [-0.25, -0.2) is 0 Å². The summed E-state index contributed by atoms with van der Waals surface area (Å²) in [6.45, 7) is 3.06. The zero-order valence-corrected chi connectivity index (χ0v) is 10.1. The molecule has 0 heterocycles. The normalized spacial score (nSPS) is 25.6. The molecule has 0 amide bonds. The van der Waals surface area contributed by atoms with Crippen molar-refractivity contribution in [2.75, 3.05) is 0 Å². The molecular weight excluding hydrogens is 196 g/mol. The summed E-state index contributed by atoms with van der Waals surface area (Å²) in [5, 5.41) is 3.58. The van der Waals surface area contributed by atoms with Crippen LogP contribution in [0.3, 0.4) is 0 Å². The SMILES string of the molecule is Cc1ccc(CN[C@H]2CCCC[C@@H]2N)cc1. The second-order valence-corrected chi connectivity index (χ2v) is 4.92. The highest BCUT2D eigenvalue weighted by Gasteiger charge is 2.20. The summed E-state index contributed by atoms with van der Waals surface area (Å²) in [5.41, 5.74) is 8.77. The fourth-order valence-corrected chi connectivity index (χ4v) is 2.37. The highest BCUT2D eigenvalue weighted by Crippen LogP contribution is 2.17. The summed E-state index contributed by atoms with van der Waals surface area (Å²) >= 11 is 0. The van der Waals surface area contributed by atoms with Crippen molar-refractivity contribution in [2.45, 2.75) is 51.2 Å². The largest absolute Gasteiger partial charge is 0.326 e. The highest BCUT2D eigenvalue weighted by molar-refractivity contribution is 5.21. The van der Waals surface area contributed by atoms with Gasteiger partial charge in [0.25, 0.3) is 0 Å². The summed E-state index contributed by atoms with van der Waals surface area (Å²) in [6, 6.07) is 9.57. The van der Waals surface area contributed by atoms with E-state index in [1.54, 1.807) is 0 Å². The van der Waals surface area contributed by atoms with Gasteiger partial charge in [-0.3, -0.25) is 0 Å². The Morgan fingerprint density at radius 3 is 2.56 bits per heavy atom. The smallest absolute Gasteiger partial charge is 0.0222 e. The molecule has 2 rings (SSSR count). The molecular formula is C14H22N2. The van der Waals surface area contributed by atoms with Gasteiger partial charge in [0.05, 0.1) is 0 Å². The van der Waals surface area contributed by atoms with E-state index in [0.717, 1.165) is 6.54 Å². The lowest BCUT2D eigenvalue weighted by Gasteiger charge is -2.29. The molecule has 0 aromatic heterocycles. The Bertz CT molecular complexity index is 318. The van der Waals surface area contributed by atoms with Gasteiger partial charge in [-0.2, -0.15) is 0 Å². The van der Waals surface area contributed by atoms with E-state index in [1.165, 1.54) is 36.8 Å². The minimum atomic E-state index is 0.346. The lowest BCUT2D eigenvalue weighted by Crippen LogP contribution is -2.46. The number of benzene rings is 1. The molecule has 2 atom stereocenters. The predicted octanol–water partition coefficient (Wildman–Crippen LogP) is 2.35. The van der Waals surface area contributed by atoms with Crippen LogP contribution < -0.4 is 11.1 Å². The molecule has 16 heavy (non-hydrogen) atoms. The second kappa shape index (κ2) is 5.46. The maximum Gasteiger partial charge on any atom is 0.0222 e. The Labute approximate surface area is 98.2 Å². The first-order valence-electron chi connectivity index (χ1n) is 6.30. The first kappa shape index (κ1) is 11.6. The molecule has 1 fully saturated rings. The van der Waals surface area contributed by atoms with E-state index in [4.69, 9.17) is 5.73 Å². The Morgan fingerprint density at radius 2 is 1.88 bits per heavy atom. The van der Waals surface area contributed by atoms with Gasteiger partial charge >= 0.3 is 0 Å². The lowest BCUT2D eigenvalue weighted by atomic mass is 9.91. The molecule has 88 valence electrons. The molecule has 0 saturated heterocycles. The van der Waals surface area contributed by atoms with Crippen LogP contribution in [0.2, 0.25) is 0 Å². The van der Waals surface area contributed by atoms with E-state index in [0.29, 0.717) is 12.1 Å². The quantitative estimate of drug-likeness (QED) is 0.817. The number of rotatable bonds is 3. The number of nitrogens with two attached hydrogens (primary N) is 1. The highest BCUT2D eigenvalue weighted by atomic mass is 15.0. The third kappa shape index (κ3) is 3.06. The Balaban J connectivity index is 1.84. The molecule has 0 spiro atoms. The number of hydrogen-bond donors (Lipinski definition) is 2. The number of hydrogen-bond acceptors (Lipinski definition) is 2.